The Labute approximate surface area is 301 Å². The summed E-state index contributed by atoms with van der Waals surface area (Å²) < 4.78 is 55.2. The Balaban J connectivity index is 1.58. The molecule has 1 atom stereocenters. The van der Waals surface area contributed by atoms with Crippen molar-refractivity contribution < 1.29 is 31.9 Å². The monoisotopic (exact) mass is 765 g/mol. The van der Waals surface area contributed by atoms with Gasteiger partial charge in [-0.3, -0.25) is 13.9 Å². The van der Waals surface area contributed by atoms with E-state index in [0.717, 1.165) is 64.1 Å². The minimum atomic E-state index is -4.44. The summed E-state index contributed by atoms with van der Waals surface area (Å²) in [6.07, 6.45) is 5.04. The molecule has 0 aromatic heterocycles. The van der Waals surface area contributed by atoms with Crippen LogP contribution in [0, 0.1) is 5.82 Å². The van der Waals surface area contributed by atoms with E-state index in [1.54, 1.807) is 0 Å². The Morgan fingerprint density at radius 3 is 2.20 bits per heavy atom. The van der Waals surface area contributed by atoms with Crippen molar-refractivity contribution in [2.45, 2.75) is 62.0 Å². The highest BCUT2D eigenvalue weighted by Gasteiger charge is 2.36. The topological polar surface area (TPSA) is 105 Å². The highest BCUT2D eigenvalue weighted by atomic mass is 79.9. The number of hydrogen-bond donors (Lipinski definition) is 1. The van der Waals surface area contributed by atoms with Crippen LogP contribution in [0.15, 0.2) is 106 Å². The van der Waals surface area contributed by atoms with Crippen LogP contribution < -0.4 is 19.1 Å². The van der Waals surface area contributed by atoms with Crippen LogP contribution in [0.3, 0.4) is 0 Å². The zero-order valence-electron chi connectivity index (χ0n) is 28.1. The predicted octanol–water partition coefficient (Wildman–Crippen LogP) is 6.89. The number of methoxy groups -OCH3 is 2. The fourth-order valence-electron chi connectivity index (χ4n) is 6.17. The van der Waals surface area contributed by atoms with Crippen LogP contribution in [0.4, 0.5) is 10.1 Å². The molecule has 0 aliphatic heterocycles. The lowest BCUT2D eigenvalue weighted by Gasteiger charge is -2.35. The van der Waals surface area contributed by atoms with Gasteiger partial charge in [0.05, 0.1) is 24.8 Å². The molecule has 0 unspecified atom stereocenters. The van der Waals surface area contributed by atoms with Gasteiger partial charge in [0.1, 0.15) is 18.4 Å². The Kier molecular flexibility index (Phi) is 12.5. The molecule has 0 spiro atoms. The van der Waals surface area contributed by atoms with Crippen LogP contribution in [0.2, 0.25) is 0 Å². The summed E-state index contributed by atoms with van der Waals surface area (Å²) in [4.78, 5) is 30.3. The van der Waals surface area contributed by atoms with E-state index in [2.05, 4.69) is 21.2 Å². The van der Waals surface area contributed by atoms with E-state index in [-0.39, 0.29) is 41.2 Å². The maximum Gasteiger partial charge on any atom is 0.264 e. The van der Waals surface area contributed by atoms with Crippen molar-refractivity contribution in [3.8, 4) is 11.5 Å². The maximum absolute atomic E-state index is 14.7. The van der Waals surface area contributed by atoms with Crippen LogP contribution >= 0.6 is 15.9 Å². The Morgan fingerprint density at radius 2 is 1.54 bits per heavy atom. The first-order valence-corrected chi connectivity index (χ1v) is 18.7. The zero-order chi connectivity index (χ0) is 35.7. The second-order valence-corrected chi connectivity index (χ2v) is 15.0. The molecule has 1 N–H and O–H groups in total. The van der Waals surface area contributed by atoms with Crippen molar-refractivity contribution in [2.75, 3.05) is 25.1 Å². The van der Waals surface area contributed by atoms with E-state index in [9.17, 15) is 22.4 Å². The first kappa shape index (κ1) is 36.9. The summed E-state index contributed by atoms with van der Waals surface area (Å²) in [5, 5.41) is 3.20. The van der Waals surface area contributed by atoms with Crippen LogP contribution in [0.1, 0.15) is 43.2 Å². The van der Waals surface area contributed by atoms with Crippen LogP contribution in [-0.2, 0) is 32.6 Å². The highest BCUT2D eigenvalue weighted by molar-refractivity contribution is 9.10. The van der Waals surface area contributed by atoms with Crippen LogP contribution in [0.5, 0.6) is 11.5 Å². The maximum atomic E-state index is 14.7. The molecule has 4 aromatic carbocycles. The number of benzene rings is 4. The lowest BCUT2D eigenvalue weighted by molar-refractivity contribution is -0.140. The number of nitrogens with one attached hydrogen (secondary N) is 1. The minimum Gasteiger partial charge on any atom is -0.493 e. The van der Waals surface area contributed by atoms with E-state index in [4.69, 9.17) is 9.47 Å². The third-order valence-corrected chi connectivity index (χ3v) is 11.1. The first-order valence-electron chi connectivity index (χ1n) is 16.5. The summed E-state index contributed by atoms with van der Waals surface area (Å²) in [5.74, 6) is -0.985. The molecular formula is C38H41BrFN3O6S. The normalized spacial score (nSPS) is 14.0. The Morgan fingerprint density at radius 1 is 0.860 bits per heavy atom. The van der Waals surface area contributed by atoms with Gasteiger partial charge in [-0.15, -0.1) is 0 Å². The van der Waals surface area contributed by atoms with E-state index >= 15 is 0 Å². The number of carbonyl (C=O) groups is 2. The molecule has 0 heterocycles. The number of ether oxygens (including phenoxy) is 2. The smallest absolute Gasteiger partial charge is 0.264 e. The summed E-state index contributed by atoms with van der Waals surface area (Å²) in [6.45, 7) is -0.639. The van der Waals surface area contributed by atoms with Crippen molar-refractivity contribution in [2.24, 2.45) is 0 Å². The molecule has 5 rings (SSSR count). The van der Waals surface area contributed by atoms with Gasteiger partial charge in [0.2, 0.25) is 11.8 Å². The average molecular weight is 767 g/mol. The standard InChI is InChI=1S/C38H41BrFN3O6S/c1-48-35-21-20-33(24-36(35)49-2)50(46,47)43(32-18-16-30(40)17-19-32)26-37(44)42(25-28-12-9-13-29(39)22-28)34(23-27-10-5-3-6-11-27)38(45)41-31-14-7-4-8-15-31/h3,5-6,9-13,16-22,24,31,34H,4,7-8,14-15,23,25-26H2,1-2H3,(H,41,45)/t34-/m0/s1. The van der Waals surface area contributed by atoms with Gasteiger partial charge in [-0.2, -0.15) is 0 Å². The number of amides is 2. The number of carbonyl (C=O) groups excluding carboxylic acids is 2. The van der Waals surface area contributed by atoms with Crippen LogP contribution in [-0.4, -0.2) is 58.0 Å². The molecule has 0 bridgehead atoms. The van der Waals surface area contributed by atoms with Gasteiger partial charge in [0.25, 0.3) is 10.0 Å². The number of halogens is 2. The molecule has 0 saturated heterocycles. The fourth-order valence-corrected chi connectivity index (χ4v) is 8.05. The molecule has 264 valence electrons. The first-order chi connectivity index (χ1) is 24.1. The molecule has 1 fully saturated rings. The van der Waals surface area contributed by atoms with Crippen molar-refractivity contribution in [1.29, 1.82) is 0 Å². The van der Waals surface area contributed by atoms with Gasteiger partial charge >= 0.3 is 0 Å². The van der Waals surface area contributed by atoms with Gasteiger partial charge in [0, 0.05) is 29.5 Å². The summed E-state index contributed by atoms with van der Waals surface area (Å²) >= 11 is 3.51. The number of anilines is 1. The van der Waals surface area contributed by atoms with E-state index in [1.165, 1.54) is 49.5 Å². The van der Waals surface area contributed by atoms with Crippen LogP contribution in [0.25, 0.3) is 0 Å². The van der Waals surface area contributed by atoms with E-state index in [1.807, 2.05) is 54.6 Å². The van der Waals surface area contributed by atoms with Gasteiger partial charge in [-0.05, 0) is 72.5 Å². The summed E-state index contributed by atoms with van der Waals surface area (Å²) in [6, 6.07) is 24.8. The third-order valence-electron chi connectivity index (χ3n) is 8.80. The largest absolute Gasteiger partial charge is 0.493 e. The van der Waals surface area contributed by atoms with Gasteiger partial charge in [-0.1, -0.05) is 77.7 Å². The lowest BCUT2D eigenvalue weighted by Crippen LogP contribution is -2.55. The molecule has 50 heavy (non-hydrogen) atoms. The zero-order valence-corrected chi connectivity index (χ0v) is 30.5. The fraction of sp³-hybridized carbons (Fsp3) is 0.316. The average Bonchev–Trinajstić information content (AvgIpc) is 3.12. The van der Waals surface area contributed by atoms with Gasteiger partial charge in [-0.25, -0.2) is 12.8 Å². The molecule has 4 aromatic rings. The molecule has 1 saturated carbocycles. The molecule has 2 amide bonds. The Bertz CT molecular complexity index is 1870. The van der Waals surface area contributed by atoms with Crippen molar-refractivity contribution in [3.63, 3.8) is 0 Å². The van der Waals surface area contributed by atoms with Crippen molar-refractivity contribution in [3.05, 3.63) is 118 Å². The van der Waals surface area contributed by atoms with Crippen molar-refractivity contribution >= 4 is 43.5 Å². The molecule has 12 heteroatoms. The summed E-state index contributed by atoms with van der Waals surface area (Å²) in [5.41, 5.74) is 1.66. The van der Waals surface area contributed by atoms with E-state index in [0.29, 0.717) is 5.75 Å². The molecule has 1 aliphatic rings. The number of sulfonamides is 1. The number of hydrogen-bond acceptors (Lipinski definition) is 6. The van der Waals surface area contributed by atoms with Crippen molar-refractivity contribution in [1.82, 2.24) is 10.2 Å². The second-order valence-electron chi connectivity index (χ2n) is 12.2. The number of rotatable bonds is 14. The molecular weight excluding hydrogens is 725 g/mol. The molecule has 9 nitrogen and oxygen atoms in total. The van der Waals surface area contributed by atoms with Gasteiger partial charge in [0.15, 0.2) is 11.5 Å². The highest BCUT2D eigenvalue weighted by Crippen LogP contribution is 2.33. The quantitative estimate of drug-likeness (QED) is 0.150. The Hall–Kier alpha value is -4.42. The lowest BCUT2D eigenvalue weighted by atomic mass is 9.94. The van der Waals surface area contributed by atoms with E-state index < -0.39 is 34.3 Å². The molecule has 0 radical (unpaired) electrons. The summed E-state index contributed by atoms with van der Waals surface area (Å²) in [7, 11) is -1.61. The minimum absolute atomic E-state index is 0.0153. The second kappa shape index (κ2) is 17.0. The molecule has 1 aliphatic carbocycles. The SMILES string of the molecule is COc1ccc(S(=O)(=O)N(CC(=O)N(Cc2cccc(Br)c2)[C@@H](Cc2ccccc2)C(=O)NC2CCCCC2)c2ccc(F)cc2)cc1OC. The predicted molar refractivity (Wildman–Crippen MR) is 194 cm³/mol. The number of nitrogens with zero attached hydrogens (tertiary/aromatic N) is 2. The third kappa shape index (κ3) is 9.22. The van der Waals surface area contributed by atoms with Gasteiger partial charge < -0.3 is 19.7 Å².